The Morgan fingerprint density at radius 3 is 2.38 bits per heavy atom. The van der Waals surface area contributed by atoms with Gasteiger partial charge in [-0.15, -0.1) is 0 Å². The highest BCUT2D eigenvalue weighted by Gasteiger charge is 2.36. The Morgan fingerprint density at radius 2 is 1.71 bits per heavy atom. The first kappa shape index (κ1) is 15.3. The summed E-state index contributed by atoms with van der Waals surface area (Å²) in [7, 11) is -3.86. The molecule has 1 unspecified atom stereocenters. The quantitative estimate of drug-likeness (QED) is 0.596. The van der Waals surface area contributed by atoms with Crippen LogP contribution >= 0.6 is 39.5 Å². The first-order chi connectivity index (χ1) is 9.72. The molecule has 1 N–H and O–H groups in total. The summed E-state index contributed by atoms with van der Waals surface area (Å²) in [5.74, 6) is 0.474. The molecule has 0 fully saturated rings. The Balaban J connectivity index is 2.44. The Kier molecular flexibility index (Phi) is 3.61. The van der Waals surface area contributed by atoms with Crippen LogP contribution < -0.4 is 9.83 Å². The summed E-state index contributed by atoms with van der Waals surface area (Å²) in [6, 6.07) is 5.59. The number of benzene rings is 2. The van der Waals surface area contributed by atoms with Gasteiger partial charge in [0.2, 0.25) is 0 Å². The van der Waals surface area contributed by atoms with E-state index < -0.39 is 7.60 Å². The maximum Gasteiger partial charge on any atom is 0.408 e. The van der Waals surface area contributed by atoms with Gasteiger partial charge in [-0.1, -0.05) is 31.9 Å². The third-order valence-corrected chi connectivity index (χ3v) is 7.19. The molecule has 0 aliphatic carbocycles. The molecular formula is C15H13Br2O3P. The second kappa shape index (κ2) is 4.95. The zero-order valence-electron chi connectivity index (χ0n) is 11.7. The lowest BCUT2D eigenvalue weighted by Crippen LogP contribution is -2.19. The van der Waals surface area contributed by atoms with Crippen LogP contribution in [0.5, 0.6) is 5.75 Å². The topological polar surface area (TPSA) is 46.5 Å². The molecule has 0 spiro atoms. The zero-order chi connectivity index (χ0) is 15.5. The number of rotatable bonds is 0. The van der Waals surface area contributed by atoms with E-state index in [2.05, 4.69) is 31.9 Å². The van der Waals surface area contributed by atoms with E-state index in [1.807, 2.05) is 32.9 Å². The fourth-order valence-corrected chi connectivity index (χ4v) is 4.61. The lowest BCUT2D eigenvalue weighted by atomic mass is 9.98. The van der Waals surface area contributed by atoms with Gasteiger partial charge in [0, 0.05) is 25.6 Å². The molecule has 0 saturated carbocycles. The Labute approximate surface area is 140 Å². The van der Waals surface area contributed by atoms with Gasteiger partial charge < -0.3 is 9.42 Å². The van der Waals surface area contributed by atoms with Crippen molar-refractivity contribution in [1.82, 2.24) is 0 Å². The van der Waals surface area contributed by atoms with E-state index in [1.54, 1.807) is 6.07 Å². The molecule has 1 heterocycles. The second-order valence-corrected chi connectivity index (χ2v) is 8.59. The van der Waals surface area contributed by atoms with Gasteiger partial charge in [-0.2, -0.15) is 0 Å². The molecule has 21 heavy (non-hydrogen) atoms. The summed E-state index contributed by atoms with van der Waals surface area (Å²) >= 11 is 7.00. The van der Waals surface area contributed by atoms with Gasteiger partial charge in [-0.25, -0.2) is 4.57 Å². The number of hydrogen-bond donors (Lipinski definition) is 1. The fourth-order valence-electron chi connectivity index (χ4n) is 2.55. The normalized spacial score (nSPS) is 19.7. The first-order valence-electron chi connectivity index (χ1n) is 6.35. The van der Waals surface area contributed by atoms with Gasteiger partial charge in [0.15, 0.2) is 0 Å². The Hall–Kier alpha value is -0.610. The van der Waals surface area contributed by atoms with Gasteiger partial charge in [0.1, 0.15) is 5.75 Å². The van der Waals surface area contributed by atoms with Gasteiger partial charge in [-0.3, -0.25) is 0 Å². The van der Waals surface area contributed by atoms with Gasteiger partial charge >= 0.3 is 7.60 Å². The molecule has 0 radical (unpaired) electrons. The summed E-state index contributed by atoms with van der Waals surface area (Å²) in [5.41, 5.74) is 4.40. The standard InChI is InChI=1S/C15H13Br2O3P/c1-7-5-13-10(6-12(7)16)11-4-8(2)14(17)9(3)15(11)20-21(13,18)19/h4-6H,1-3H3,(H,18,19). The molecule has 1 aliphatic rings. The van der Waals surface area contributed by atoms with Crippen LogP contribution in [0.4, 0.5) is 0 Å². The molecule has 110 valence electrons. The van der Waals surface area contributed by atoms with Crippen molar-refractivity contribution in [3.8, 4) is 16.9 Å². The third-order valence-electron chi connectivity index (χ3n) is 3.71. The van der Waals surface area contributed by atoms with Crippen LogP contribution in [-0.4, -0.2) is 4.89 Å². The Morgan fingerprint density at radius 1 is 1.05 bits per heavy atom. The van der Waals surface area contributed by atoms with Crippen molar-refractivity contribution in [1.29, 1.82) is 0 Å². The van der Waals surface area contributed by atoms with Crippen molar-refractivity contribution < 1.29 is 14.0 Å². The molecule has 6 heteroatoms. The fraction of sp³-hybridized carbons (Fsp3) is 0.200. The predicted octanol–water partition coefficient (Wildman–Crippen LogP) is 5.01. The van der Waals surface area contributed by atoms with Crippen LogP contribution in [0, 0.1) is 20.8 Å². The largest absolute Gasteiger partial charge is 0.420 e. The van der Waals surface area contributed by atoms with Crippen molar-refractivity contribution in [2.75, 3.05) is 0 Å². The zero-order valence-corrected chi connectivity index (χ0v) is 15.8. The van der Waals surface area contributed by atoms with Crippen molar-refractivity contribution in [3.63, 3.8) is 0 Å². The molecule has 1 aliphatic heterocycles. The molecule has 3 nitrogen and oxygen atoms in total. The molecule has 1 atom stereocenters. The second-order valence-electron chi connectivity index (χ2n) is 5.24. The molecule has 3 rings (SSSR count). The van der Waals surface area contributed by atoms with Gasteiger partial charge in [-0.05, 0) is 50.1 Å². The van der Waals surface area contributed by atoms with Crippen LogP contribution in [-0.2, 0) is 4.57 Å². The molecule has 2 aromatic carbocycles. The third kappa shape index (κ3) is 2.31. The highest BCUT2D eigenvalue weighted by atomic mass is 79.9. The first-order valence-corrected chi connectivity index (χ1v) is 9.52. The highest BCUT2D eigenvalue weighted by Crippen LogP contribution is 2.54. The van der Waals surface area contributed by atoms with E-state index in [0.29, 0.717) is 11.1 Å². The monoisotopic (exact) mass is 430 g/mol. The molecule has 0 bridgehead atoms. The van der Waals surface area contributed by atoms with Crippen LogP contribution in [0.15, 0.2) is 27.1 Å². The average Bonchev–Trinajstić information content (AvgIpc) is 2.40. The molecule has 0 amide bonds. The van der Waals surface area contributed by atoms with E-state index in [-0.39, 0.29) is 0 Å². The van der Waals surface area contributed by atoms with Crippen molar-refractivity contribution in [2.45, 2.75) is 20.8 Å². The van der Waals surface area contributed by atoms with E-state index in [0.717, 1.165) is 36.8 Å². The van der Waals surface area contributed by atoms with E-state index in [9.17, 15) is 9.46 Å². The molecule has 0 saturated heterocycles. The van der Waals surface area contributed by atoms with Gasteiger partial charge in [0.05, 0.1) is 5.30 Å². The van der Waals surface area contributed by atoms with E-state index in [4.69, 9.17) is 4.52 Å². The minimum absolute atomic E-state index is 0.358. The number of hydrogen-bond acceptors (Lipinski definition) is 2. The van der Waals surface area contributed by atoms with Crippen LogP contribution in [0.25, 0.3) is 11.1 Å². The van der Waals surface area contributed by atoms with Crippen LogP contribution in [0.3, 0.4) is 0 Å². The predicted molar refractivity (Wildman–Crippen MR) is 91.6 cm³/mol. The van der Waals surface area contributed by atoms with E-state index in [1.165, 1.54) is 0 Å². The van der Waals surface area contributed by atoms with Crippen molar-refractivity contribution >= 4 is 44.8 Å². The summed E-state index contributed by atoms with van der Waals surface area (Å²) in [4.78, 5) is 10.3. The summed E-state index contributed by atoms with van der Waals surface area (Å²) in [5, 5.41) is 0.358. The van der Waals surface area contributed by atoms with Crippen LogP contribution in [0.1, 0.15) is 16.7 Å². The van der Waals surface area contributed by atoms with Gasteiger partial charge in [0.25, 0.3) is 0 Å². The van der Waals surface area contributed by atoms with Crippen LogP contribution in [0.2, 0.25) is 0 Å². The lowest BCUT2D eigenvalue weighted by molar-refractivity contribution is 0.391. The van der Waals surface area contributed by atoms with Crippen molar-refractivity contribution in [3.05, 3.63) is 43.8 Å². The molecule has 2 aromatic rings. The summed E-state index contributed by atoms with van der Waals surface area (Å²) in [6.45, 7) is 5.76. The number of aryl methyl sites for hydroxylation is 2. The smallest absolute Gasteiger partial charge is 0.408 e. The average molecular weight is 432 g/mol. The summed E-state index contributed by atoms with van der Waals surface area (Å²) < 4.78 is 19.8. The maximum absolute atomic E-state index is 12.5. The van der Waals surface area contributed by atoms with E-state index >= 15 is 0 Å². The molecular weight excluding hydrogens is 419 g/mol. The summed E-state index contributed by atoms with van der Waals surface area (Å²) in [6.07, 6.45) is 0. The minimum atomic E-state index is -3.86. The lowest BCUT2D eigenvalue weighted by Gasteiger charge is -2.27. The SMILES string of the molecule is Cc1cc2c(cc1Br)-c1cc(C)c(Br)c(C)c1OP2(=O)O. The maximum atomic E-state index is 12.5. The number of halogens is 2. The minimum Gasteiger partial charge on any atom is -0.420 e. The van der Waals surface area contributed by atoms with Crippen molar-refractivity contribution in [2.24, 2.45) is 0 Å². The highest BCUT2D eigenvalue weighted by molar-refractivity contribution is 9.10. The Bertz CT molecular complexity index is 830. The number of fused-ring (bicyclic) bond motifs is 3. The molecule has 0 aromatic heterocycles.